The molecule has 0 saturated carbocycles. The second-order valence-corrected chi connectivity index (χ2v) is 14.0. The Hall–Kier alpha value is -5.23. The lowest BCUT2D eigenvalue weighted by atomic mass is 10.0. The molecule has 0 bridgehead atoms. The van der Waals surface area contributed by atoms with Crippen molar-refractivity contribution in [2.24, 2.45) is 0 Å². The molecule has 272 valence electrons. The number of carbonyl (C=O) groups excluding carboxylic acids is 2. The average molecular weight is 718 g/mol. The zero-order chi connectivity index (χ0) is 37.1. The maximum Gasteiger partial charge on any atom is 0.265 e. The molecule has 2 atom stereocenters. The molecule has 0 aromatic heterocycles. The molecule has 0 aliphatic rings. The second kappa shape index (κ2) is 17.6. The van der Waals surface area contributed by atoms with Gasteiger partial charge in [-0.1, -0.05) is 67.1 Å². The Morgan fingerprint density at radius 1 is 0.765 bits per heavy atom. The number of hydrogen-bond donors (Lipinski definition) is 1. The maximum absolute atomic E-state index is 14.9. The van der Waals surface area contributed by atoms with Crippen LogP contribution in [0.25, 0.3) is 0 Å². The van der Waals surface area contributed by atoms with E-state index >= 15 is 0 Å². The molecule has 12 heteroatoms. The first-order valence-corrected chi connectivity index (χ1v) is 18.1. The van der Waals surface area contributed by atoms with Gasteiger partial charge in [-0.3, -0.25) is 13.9 Å². The molecule has 0 unspecified atom stereocenters. The smallest absolute Gasteiger partial charge is 0.265 e. The number of benzene rings is 4. The summed E-state index contributed by atoms with van der Waals surface area (Å²) in [5, 5.41) is 3.05. The number of nitrogens with one attached hydrogen (secondary N) is 1. The molecule has 2 amide bonds. The number of ether oxygens (including phenoxy) is 4. The molecule has 11 nitrogen and oxygen atoms in total. The van der Waals surface area contributed by atoms with E-state index in [2.05, 4.69) is 5.32 Å². The number of hydrogen-bond acceptors (Lipinski definition) is 8. The van der Waals surface area contributed by atoms with Crippen LogP contribution in [0, 0.1) is 6.92 Å². The molecule has 4 aromatic carbocycles. The lowest BCUT2D eigenvalue weighted by Gasteiger charge is -2.34. The minimum Gasteiger partial charge on any atom is -0.497 e. The Labute approximate surface area is 301 Å². The van der Waals surface area contributed by atoms with Gasteiger partial charge in [0.25, 0.3) is 10.0 Å². The molecule has 0 spiro atoms. The fourth-order valence-corrected chi connectivity index (χ4v) is 6.93. The molecule has 0 fully saturated rings. The third-order valence-electron chi connectivity index (χ3n) is 8.62. The first kappa shape index (κ1) is 38.6. The molecular formula is C39H47N3O8S. The van der Waals surface area contributed by atoms with E-state index in [9.17, 15) is 18.0 Å². The van der Waals surface area contributed by atoms with E-state index in [1.54, 1.807) is 12.1 Å². The van der Waals surface area contributed by atoms with Gasteiger partial charge in [0.05, 0.1) is 39.0 Å². The molecule has 0 saturated heterocycles. The topological polar surface area (TPSA) is 124 Å². The van der Waals surface area contributed by atoms with Gasteiger partial charge in [0.15, 0.2) is 11.5 Å². The molecule has 0 aliphatic heterocycles. The van der Waals surface area contributed by atoms with E-state index in [1.807, 2.05) is 75.4 Å². The van der Waals surface area contributed by atoms with Gasteiger partial charge < -0.3 is 29.2 Å². The van der Waals surface area contributed by atoms with E-state index in [1.165, 1.54) is 57.6 Å². The maximum atomic E-state index is 14.9. The fraction of sp³-hybridized carbons (Fsp3) is 0.333. The zero-order valence-electron chi connectivity index (χ0n) is 30.2. The molecule has 51 heavy (non-hydrogen) atoms. The quantitative estimate of drug-likeness (QED) is 0.146. The van der Waals surface area contributed by atoms with Crippen molar-refractivity contribution < 1.29 is 37.0 Å². The number of sulfonamides is 1. The number of rotatable bonds is 17. The van der Waals surface area contributed by atoms with Crippen molar-refractivity contribution in [3.63, 3.8) is 0 Å². The first-order valence-electron chi connectivity index (χ1n) is 16.6. The summed E-state index contributed by atoms with van der Waals surface area (Å²) in [4.78, 5) is 30.3. The Balaban J connectivity index is 1.90. The van der Waals surface area contributed by atoms with E-state index in [4.69, 9.17) is 18.9 Å². The van der Waals surface area contributed by atoms with Gasteiger partial charge in [0, 0.05) is 31.1 Å². The van der Waals surface area contributed by atoms with Gasteiger partial charge in [0.2, 0.25) is 11.8 Å². The van der Waals surface area contributed by atoms with Crippen LogP contribution in [0.4, 0.5) is 5.69 Å². The Morgan fingerprint density at radius 3 is 2.02 bits per heavy atom. The van der Waals surface area contributed by atoms with Crippen molar-refractivity contribution in [1.29, 1.82) is 0 Å². The van der Waals surface area contributed by atoms with E-state index in [0.29, 0.717) is 17.9 Å². The van der Waals surface area contributed by atoms with Crippen LogP contribution in [0.2, 0.25) is 0 Å². The minimum absolute atomic E-state index is 0.0457. The molecule has 0 heterocycles. The summed E-state index contributed by atoms with van der Waals surface area (Å²) in [7, 11) is 1.23. The van der Waals surface area contributed by atoms with Crippen molar-refractivity contribution in [2.45, 2.75) is 57.1 Å². The summed E-state index contributed by atoms with van der Waals surface area (Å²) in [5.41, 5.74) is 2.72. The highest BCUT2D eigenvalue weighted by molar-refractivity contribution is 7.92. The van der Waals surface area contributed by atoms with Crippen LogP contribution in [0.5, 0.6) is 23.0 Å². The van der Waals surface area contributed by atoms with Gasteiger partial charge in [-0.05, 0) is 55.7 Å². The predicted molar refractivity (Wildman–Crippen MR) is 197 cm³/mol. The third-order valence-corrected chi connectivity index (χ3v) is 10.4. The Kier molecular flexibility index (Phi) is 13.3. The van der Waals surface area contributed by atoms with Crippen molar-refractivity contribution in [1.82, 2.24) is 10.2 Å². The van der Waals surface area contributed by atoms with Gasteiger partial charge in [-0.2, -0.15) is 0 Å². The Bertz CT molecular complexity index is 1880. The normalized spacial score (nSPS) is 12.3. The van der Waals surface area contributed by atoms with Crippen LogP contribution in [0.1, 0.15) is 37.0 Å². The number of nitrogens with zero attached hydrogens (tertiary/aromatic N) is 2. The summed E-state index contributed by atoms with van der Waals surface area (Å²) >= 11 is 0. The summed E-state index contributed by atoms with van der Waals surface area (Å²) in [6, 6.07) is 24.8. The van der Waals surface area contributed by atoms with Gasteiger partial charge >= 0.3 is 0 Å². The lowest BCUT2D eigenvalue weighted by molar-refractivity contribution is -0.140. The minimum atomic E-state index is -4.49. The van der Waals surface area contributed by atoms with Crippen LogP contribution in [0.15, 0.2) is 95.9 Å². The van der Waals surface area contributed by atoms with Crippen molar-refractivity contribution in [3.8, 4) is 23.0 Å². The lowest BCUT2D eigenvalue weighted by Crippen LogP contribution is -2.54. The number of aryl methyl sites for hydroxylation is 1. The van der Waals surface area contributed by atoms with Crippen molar-refractivity contribution >= 4 is 27.5 Å². The van der Waals surface area contributed by atoms with Crippen LogP contribution in [0.3, 0.4) is 0 Å². The fourth-order valence-electron chi connectivity index (χ4n) is 5.49. The Morgan fingerprint density at radius 2 is 1.41 bits per heavy atom. The SMILES string of the molecule is CC[C@H](C)NC(=O)[C@H](Cc1ccccc1)N(Cc1ccc(C)cc1)C(=O)CN(c1cc(OC)ccc1OC)S(=O)(=O)c1ccc(OC)c(OC)c1. The van der Waals surface area contributed by atoms with Gasteiger partial charge in [0.1, 0.15) is 24.1 Å². The molecule has 4 rings (SSSR count). The molecule has 4 aromatic rings. The van der Waals surface area contributed by atoms with Crippen LogP contribution in [-0.4, -0.2) is 72.2 Å². The highest BCUT2D eigenvalue weighted by Gasteiger charge is 2.36. The van der Waals surface area contributed by atoms with Crippen LogP contribution >= 0.6 is 0 Å². The second-order valence-electron chi connectivity index (χ2n) is 12.1. The molecular weight excluding hydrogens is 671 g/mol. The largest absolute Gasteiger partial charge is 0.497 e. The highest BCUT2D eigenvalue weighted by atomic mass is 32.2. The standard InChI is InChI=1S/C39H47N3O8S/c1-8-28(3)40-39(44)34(22-29-12-10-9-11-13-29)41(25-30-16-14-27(2)15-17-30)38(43)26-42(33-23-31(47-4)18-20-35(33)48-5)51(45,46)32-19-21-36(49-6)37(24-32)50-7/h9-21,23-24,28,34H,8,22,25-26H2,1-7H3,(H,40,44)/t28-,34-/m0/s1. The number of amides is 2. The third kappa shape index (κ3) is 9.52. The van der Waals surface area contributed by atoms with Crippen molar-refractivity contribution in [2.75, 3.05) is 39.3 Å². The van der Waals surface area contributed by atoms with E-state index < -0.39 is 28.5 Å². The number of anilines is 1. The summed E-state index contributed by atoms with van der Waals surface area (Å²) in [6.07, 6.45) is 0.883. The predicted octanol–water partition coefficient (Wildman–Crippen LogP) is 5.78. The zero-order valence-corrected chi connectivity index (χ0v) is 31.0. The van der Waals surface area contributed by atoms with Crippen LogP contribution in [-0.2, 0) is 32.6 Å². The first-order chi connectivity index (χ1) is 24.4. The monoisotopic (exact) mass is 717 g/mol. The van der Waals surface area contributed by atoms with Gasteiger partial charge in [-0.15, -0.1) is 0 Å². The summed E-state index contributed by atoms with van der Waals surface area (Å²) in [5.74, 6) is 0.100. The summed E-state index contributed by atoms with van der Waals surface area (Å²) in [6.45, 7) is 5.20. The average Bonchev–Trinajstić information content (AvgIpc) is 3.15. The van der Waals surface area contributed by atoms with Crippen molar-refractivity contribution in [3.05, 3.63) is 108 Å². The molecule has 0 radical (unpaired) electrons. The van der Waals surface area contributed by atoms with Crippen LogP contribution < -0.4 is 28.6 Å². The van der Waals surface area contributed by atoms with Gasteiger partial charge in [-0.25, -0.2) is 8.42 Å². The summed E-state index contributed by atoms with van der Waals surface area (Å²) < 4.78 is 52.2. The number of methoxy groups -OCH3 is 4. The van der Waals surface area contributed by atoms with E-state index in [0.717, 1.165) is 21.0 Å². The number of carbonyl (C=O) groups is 2. The molecule has 0 aliphatic carbocycles. The highest BCUT2D eigenvalue weighted by Crippen LogP contribution is 2.38. The van der Waals surface area contributed by atoms with E-state index in [-0.39, 0.29) is 47.0 Å². The molecule has 1 N–H and O–H groups in total.